The summed E-state index contributed by atoms with van der Waals surface area (Å²) in [4.78, 5) is 37.9. The highest BCUT2D eigenvalue weighted by molar-refractivity contribution is 7.47. The first kappa shape index (κ1) is 79.7. The summed E-state index contributed by atoms with van der Waals surface area (Å²) in [6.45, 7) is 7.01. The third-order valence-electron chi connectivity index (χ3n) is 15.7. The van der Waals surface area contributed by atoms with Gasteiger partial charge in [0.25, 0.3) is 0 Å². The van der Waals surface area contributed by atoms with E-state index in [9.17, 15) is 19.0 Å². The zero-order valence-corrected chi connectivity index (χ0v) is 55.9. The topological polar surface area (TPSA) is 111 Å². The molecule has 3 unspecified atom stereocenters. The summed E-state index contributed by atoms with van der Waals surface area (Å²) in [5.74, 6) is -0.502. The van der Waals surface area contributed by atoms with Gasteiger partial charge in [-0.2, -0.15) is 0 Å². The highest BCUT2D eigenvalue weighted by Crippen LogP contribution is 2.43. The maximum Gasteiger partial charge on any atom is 0.472 e. The number of hydrogen-bond acceptors (Lipinski definition) is 6. The number of likely N-dealkylation sites (N-methyl/N-ethyl adjacent to an activating group) is 1. The van der Waals surface area contributed by atoms with Crippen molar-refractivity contribution < 1.29 is 37.3 Å². The van der Waals surface area contributed by atoms with Crippen LogP contribution in [-0.4, -0.2) is 74.3 Å². The fourth-order valence-corrected chi connectivity index (χ4v) is 11.0. The molecule has 10 heteroatoms. The summed E-state index contributed by atoms with van der Waals surface area (Å²) in [7, 11) is 1.50. The first-order chi connectivity index (χ1) is 39.9. The summed E-state index contributed by atoms with van der Waals surface area (Å²) >= 11 is 0. The van der Waals surface area contributed by atoms with E-state index >= 15 is 0 Å². The molecule has 0 radical (unpaired) electrons. The molecule has 9 nitrogen and oxygen atoms in total. The summed E-state index contributed by atoms with van der Waals surface area (Å²) in [6.07, 6.45) is 79.4. The molecule has 0 heterocycles. The van der Waals surface area contributed by atoms with Gasteiger partial charge < -0.3 is 19.4 Å². The number of nitrogens with one attached hydrogen (secondary N) is 1. The molecule has 0 bridgehead atoms. The molecule has 0 rings (SSSR count). The molecule has 3 atom stereocenters. The Morgan fingerprint density at radius 3 is 1.15 bits per heavy atom. The minimum absolute atomic E-state index is 0.0389. The van der Waals surface area contributed by atoms with Gasteiger partial charge in [-0.05, 0) is 96.0 Å². The normalized spacial score (nSPS) is 13.9. The van der Waals surface area contributed by atoms with Gasteiger partial charge in [0, 0.05) is 12.8 Å². The Kier molecular flexibility index (Phi) is 60.1. The van der Waals surface area contributed by atoms with Crippen molar-refractivity contribution in [3.05, 3.63) is 60.8 Å². The maximum atomic E-state index is 13.6. The molecule has 0 saturated carbocycles. The molecule has 0 aliphatic heterocycles. The first-order valence-electron chi connectivity index (χ1n) is 35.1. The van der Waals surface area contributed by atoms with Gasteiger partial charge in [-0.1, -0.05) is 287 Å². The SMILES string of the molecule is CCCCC/C=C\C/C=C\C/C=C\CCCCCCCCCCC(=O)OC(/C=C/CCCCCCCCCCCC)C(COP(=O)(O)OCC[N+](C)(C)C)NC(=O)CCCCCCCCCCCCCCC/C=C/CCCCCCCC. The maximum absolute atomic E-state index is 13.6. The third kappa shape index (κ3) is 62.2. The number of quaternary nitrogens is 1. The van der Waals surface area contributed by atoms with E-state index in [1.54, 1.807) is 0 Å². The van der Waals surface area contributed by atoms with Crippen LogP contribution in [-0.2, 0) is 27.9 Å². The lowest BCUT2D eigenvalue weighted by Crippen LogP contribution is -2.47. The Labute approximate surface area is 509 Å². The second-order valence-corrected chi connectivity index (χ2v) is 26.5. The number of unbranched alkanes of at least 4 members (excludes halogenated alkanes) is 40. The van der Waals surface area contributed by atoms with E-state index in [0.29, 0.717) is 17.4 Å². The smallest absolute Gasteiger partial charge is 0.456 e. The largest absolute Gasteiger partial charge is 0.472 e. The second kappa shape index (κ2) is 61.8. The number of allylic oxidation sites excluding steroid dienone is 9. The number of nitrogens with zero attached hydrogens (tertiary/aromatic N) is 1. The molecular formula is C72H136N2O7P+. The van der Waals surface area contributed by atoms with E-state index in [-0.39, 0.29) is 31.5 Å². The zero-order chi connectivity index (χ0) is 60.0. The number of carbonyl (C=O) groups is 2. The number of phosphoric ester groups is 1. The third-order valence-corrected chi connectivity index (χ3v) is 16.7. The van der Waals surface area contributed by atoms with Crippen molar-refractivity contribution in [3.63, 3.8) is 0 Å². The van der Waals surface area contributed by atoms with Crippen LogP contribution in [0.5, 0.6) is 0 Å². The van der Waals surface area contributed by atoms with Gasteiger partial charge in [-0.15, -0.1) is 0 Å². The van der Waals surface area contributed by atoms with E-state index < -0.39 is 20.0 Å². The quantitative estimate of drug-likeness (QED) is 0.0205. The van der Waals surface area contributed by atoms with Crippen LogP contribution in [0.4, 0.5) is 0 Å². The number of amides is 1. The molecular weight excluding hydrogens is 1040 g/mol. The van der Waals surface area contributed by atoms with Crippen LogP contribution < -0.4 is 5.32 Å². The average molecular weight is 1170 g/mol. The van der Waals surface area contributed by atoms with E-state index in [1.165, 1.54) is 218 Å². The van der Waals surface area contributed by atoms with E-state index in [1.807, 2.05) is 33.3 Å². The monoisotopic (exact) mass is 1170 g/mol. The lowest BCUT2D eigenvalue weighted by molar-refractivity contribution is -0.870. The van der Waals surface area contributed by atoms with E-state index in [2.05, 4.69) is 74.7 Å². The van der Waals surface area contributed by atoms with Crippen molar-refractivity contribution in [1.29, 1.82) is 0 Å². The molecule has 0 saturated heterocycles. The van der Waals surface area contributed by atoms with Crippen LogP contribution in [0.25, 0.3) is 0 Å². The van der Waals surface area contributed by atoms with Crippen LogP contribution in [0.1, 0.15) is 335 Å². The molecule has 82 heavy (non-hydrogen) atoms. The molecule has 0 aromatic heterocycles. The Balaban J connectivity index is 5.10. The predicted octanol–water partition coefficient (Wildman–Crippen LogP) is 22.2. The molecule has 0 aromatic carbocycles. The Morgan fingerprint density at radius 2 is 0.744 bits per heavy atom. The summed E-state index contributed by atoms with van der Waals surface area (Å²) in [5.41, 5.74) is 0. The zero-order valence-electron chi connectivity index (χ0n) is 55.0. The van der Waals surface area contributed by atoms with Gasteiger partial charge in [-0.25, -0.2) is 4.57 Å². The molecule has 0 aliphatic rings. The van der Waals surface area contributed by atoms with Gasteiger partial charge in [0.15, 0.2) is 0 Å². The number of phosphoric acid groups is 1. The van der Waals surface area contributed by atoms with Crippen molar-refractivity contribution in [2.24, 2.45) is 0 Å². The lowest BCUT2D eigenvalue weighted by atomic mass is 10.0. The Morgan fingerprint density at radius 1 is 0.427 bits per heavy atom. The van der Waals surface area contributed by atoms with Crippen molar-refractivity contribution in [2.75, 3.05) is 40.9 Å². The van der Waals surface area contributed by atoms with Crippen LogP contribution in [0.2, 0.25) is 0 Å². The van der Waals surface area contributed by atoms with Gasteiger partial charge in [0.1, 0.15) is 19.3 Å². The van der Waals surface area contributed by atoms with Crippen molar-refractivity contribution in [3.8, 4) is 0 Å². The van der Waals surface area contributed by atoms with Crippen molar-refractivity contribution in [2.45, 2.75) is 348 Å². The standard InChI is InChI=1S/C72H135N2O7P/c1-7-10-13-16-19-22-25-28-30-32-34-36-37-39-40-42-44-46-49-52-55-58-61-64-71(75)73-69(68-80-82(77,78)79-67-66-74(4,5)6)70(63-60-57-54-51-48-27-24-21-18-15-12-9-3)81-72(76)65-62-59-56-53-50-47-45-43-41-38-35-33-31-29-26-23-20-17-14-11-8-2/h20,23,28-31,35,38,60,63,69-70H,7-19,21-22,24-27,32-34,36-37,39-59,61-62,64-68H2,1-6H3,(H-,73,75,77,78)/p+1/b23-20-,30-28+,31-29-,38-35-,63-60+. The highest BCUT2D eigenvalue weighted by atomic mass is 31.2. The van der Waals surface area contributed by atoms with Gasteiger partial charge in [0.2, 0.25) is 5.91 Å². The fraction of sp³-hybridized carbons (Fsp3) is 0.833. The highest BCUT2D eigenvalue weighted by Gasteiger charge is 2.30. The molecule has 0 aliphatic carbocycles. The molecule has 0 spiro atoms. The van der Waals surface area contributed by atoms with Crippen LogP contribution >= 0.6 is 7.82 Å². The Hall–Kier alpha value is -2.29. The molecule has 1 amide bonds. The average Bonchev–Trinajstić information content (AvgIpc) is 3.44. The second-order valence-electron chi connectivity index (χ2n) is 25.0. The van der Waals surface area contributed by atoms with E-state index in [0.717, 1.165) is 83.5 Å². The summed E-state index contributed by atoms with van der Waals surface area (Å²) in [5, 5.41) is 3.07. The van der Waals surface area contributed by atoms with Crippen LogP contribution in [0, 0.1) is 0 Å². The van der Waals surface area contributed by atoms with Gasteiger partial charge in [0.05, 0.1) is 33.8 Å². The van der Waals surface area contributed by atoms with Crippen molar-refractivity contribution in [1.82, 2.24) is 5.32 Å². The number of esters is 1. The number of ether oxygens (including phenoxy) is 1. The lowest BCUT2D eigenvalue weighted by Gasteiger charge is -2.27. The number of carbonyl (C=O) groups excluding carboxylic acids is 2. The molecule has 0 aromatic rings. The fourth-order valence-electron chi connectivity index (χ4n) is 10.2. The van der Waals surface area contributed by atoms with Crippen molar-refractivity contribution >= 4 is 19.7 Å². The van der Waals surface area contributed by atoms with Gasteiger partial charge >= 0.3 is 13.8 Å². The molecule has 2 N–H and O–H groups in total. The van der Waals surface area contributed by atoms with Crippen LogP contribution in [0.3, 0.4) is 0 Å². The minimum Gasteiger partial charge on any atom is -0.456 e. The van der Waals surface area contributed by atoms with E-state index in [4.69, 9.17) is 13.8 Å². The summed E-state index contributed by atoms with van der Waals surface area (Å²) in [6, 6.07) is -0.853. The number of hydrogen-bond donors (Lipinski definition) is 2. The minimum atomic E-state index is -4.46. The van der Waals surface area contributed by atoms with Crippen LogP contribution in [0.15, 0.2) is 60.8 Å². The Bertz CT molecular complexity index is 1590. The summed E-state index contributed by atoms with van der Waals surface area (Å²) < 4.78 is 30.8. The molecule has 480 valence electrons. The predicted molar refractivity (Wildman–Crippen MR) is 355 cm³/mol. The number of rotatable bonds is 64. The molecule has 0 fully saturated rings. The van der Waals surface area contributed by atoms with Gasteiger partial charge in [-0.3, -0.25) is 18.6 Å². The first-order valence-corrected chi connectivity index (χ1v) is 36.6.